The fourth-order valence-electron chi connectivity index (χ4n) is 10.5. The van der Waals surface area contributed by atoms with Crippen LogP contribution >= 0.6 is 0 Å². The van der Waals surface area contributed by atoms with E-state index in [1.807, 2.05) is 0 Å². The van der Waals surface area contributed by atoms with Gasteiger partial charge in [0.1, 0.15) is 5.60 Å². The van der Waals surface area contributed by atoms with Crippen LogP contribution in [0.1, 0.15) is 118 Å². The Bertz CT molecular complexity index is 807. The van der Waals surface area contributed by atoms with E-state index in [1.165, 1.54) is 0 Å². The van der Waals surface area contributed by atoms with Crippen molar-refractivity contribution in [1.29, 1.82) is 0 Å². The third-order valence-electron chi connectivity index (χ3n) is 12.8. The lowest BCUT2D eigenvalue weighted by Gasteiger charge is -2.63. The van der Waals surface area contributed by atoms with Crippen LogP contribution in [-0.2, 0) is 9.53 Å². The third kappa shape index (κ3) is 4.28. The van der Waals surface area contributed by atoms with Crippen LogP contribution in [0, 0.1) is 46.3 Å². The first-order valence-electron chi connectivity index (χ1n) is 15.3. The largest absolute Gasteiger partial charge is 0.459 e. The highest BCUT2D eigenvalue weighted by molar-refractivity contribution is 5.70. The van der Waals surface area contributed by atoms with E-state index in [-0.39, 0.29) is 46.6 Å². The van der Waals surface area contributed by atoms with Crippen molar-refractivity contribution in [3.8, 4) is 0 Å². The lowest BCUT2D eigenvalue weighted by Crippen LogP contribution is -2.62. The Morgan fingerprint density at radius 2 is 1.69 bits per heavy atom. The van der Waals surface area contributed by atoms with E-state index in [2.05, 4.69) is 27.7 Å². The van der Waals surface area contributed by atoms with E-state index < -0.39 is 0 Å². The van der Waals surface area contributed by atoms with Crippen LogP contribution in [0.5, 0.6) is 0 Å². The molecule has 206 valence electrons. The summed E-state index contributed by atoms with van der Waals surface area (Å²) >= 11 is 0. The first kappa shape index (κ1) is 26.9. The van der Waals surface area contributed by atoms with Crippen LogP contribution in [-0.4, -0.2) is 45.2 Å². The quantitative estimate of drug-likeness (QED) is 0.408. The summed E-state index contributed by atoms with van der Waals surface area (Å²) in [5.74, 6) is 1.90. The maximum Gasteiger partial charge on any atom is 0.306 e. The Kier molecular flexibility index (Phi) is 7.35. The lowest BCUT2D eigenvalue weighted by molar-refractivity contribution is -0.207. The second kappa shape index (κ2) is 9.83. The molecule has 11 atom stereocenters. The molecule has 0 aromatic carbocycles. The Labute approximate surface area is 218 Å². The summed E-state index contributed by atoms with van der Waals surface area (Å²) < 4.78 is 6.03. The molecule has 5 aliphatic rings. The number of aliphatic hydroxyl groups is 3. The van der Waals surface area contributed by atoms with E-state index in [0.29, 0.717) is 36.0 Å². The van der Waals surface area contributed by atoms with E-state index >= 15 is 0 Å². The molecule has 3 N–H and O–H groups in total. The fourth-order valence-corrected chi connectivity index (χ4v) is 10.5. The predicted molar refractivity (Wildman–Crippen MR) is 140 cm³/mol. The summed E-state index contributed by atoms with van der Waals surface area (Å²) in [5, 5.41) is 33.5. The van der Waals surface area contributed by atoms with Crippen molar-refractivity contribution in [2.75, 3.05) is 0 Å². The Balaban J connectivity index is 1.27. The minimum absolute atomic E-state index is 0.0456. The highest BCUT2D eigenvalue weighted by Crippen LogP contribution is 2.68. The van der Waals surface area contributed by atoms with Gasteiger partial charge >= 0.3 is 5.97 Å². The average Bonchev–Trinajstić information content (AvgIpc) is 3.45. The van der Waals surface area contributed by atoms with Gasteiger partial charge < -0.3 is 20.1 Å². The number of hydrogen-bond donors (Lipinski definition) is 3. The molecule has 5 aliphatic carbocycles. The van der Waals surface area contributed by atoms with E-state index in [1.54, 1.807) is 0 Å². The molecular weight excluding hydrogens is 452 g/mol. The number of carbonyl (C=O) groups is 1. The fraction of sp³-hybridized carbons (Fsp3) is 0.968. The van der Waals surface area contributed by atoms with Crippen LogP contribution in [0.4, 0.5) is 0 Å². The van der Waals surface area contributed by atoms with Crippen molar-refractivity contribution in [2.24, 2.45) is 46.3 Å². The zero-order valence-corrected chi connectivity index (χ0v) is 23.3. The minimum atomic E-state index is -0.373. The van der Waals surface area contributed by atoms with E-state index in [4.69, 9.17) is 4.74 Å². The maximum absolute atomic E-state index is 12.8. The monoisotopic (exact) mass is 504 g/mol. The average molecular weight is 505 g/mol. The van der Waals surface area contributed by atoms with Gasteiger partial charge in [-0.15, -0.1) is 0 Å². The van der Waals surface area contributed by atoms with Gasteiger partial charge in [-0.3, -0.25) is 4.79 Å². The summed E-state index contributed by atoms with van der Waals surface area (Å²) in [7, 11) is 0. The number of carbonyl (C=O) groups excluding carboxylic acids is 1. The summed E-state index contributed by atoms with van der Waals surface area (Å²) in [5.41, 5.74) is -0.326. The summed E-state index contributed by atoms with van der Waals surface area (Å²) in [4.78, 5) is 12.8. The van der Waals surface area contributed by atoms with Gasteiger partial charge in [-0.1, -0.05) is 27.7 Å². The Hall–Kier alpha value is -0.650. The van der Waals surface area contributed by atoms with Crippen LogP contribution in [0.25, 0.3) is 0 Å². The van der Waals surface area contributed by atoms with Gasteiger partial charge in [-0.25, -0.2) is 0 Å². The summed E-state index contributed by atoms with van der Waals surface area (Å²) in [6, 6.07) is 0. The molecule has 5 rings (SSSR count). The van der Waals surface area contributed by atoms with Crippen molar-refractivity contribution >= 4 is 5.97 Å². The highest BCUT2D eigenvalue weighted by Gasteiger charge is 2.65. The topological polar surface area (TPSA) is 87.0 Å². The molecule has 5 nitrogen and oxygen atoms in total. The molecule has 0 aromatic heterocycles. The molecule has 36 heavy (non-hydrogen) atoms. The van der Waals surface area contributed by atoms with Gasteiger partial charge in [0, 0.05) is 6.42 Å². The lowest BCUT2D eigenvalue weighted by atomic mass is 9.43. The molecule has 0 amide bonds. The van der Waals surface area contributed by atoms with Gasteiger partial charge in [0.2, 0.25) is 0 Å². The standard InChI is InChI=1S/C31H52O5/c1-5-31(13-6-7-14-31)36-27(35)11-8-19(2)22-9-10-23-28-24(18-26(34)30(22,23)4)29(3)15-12-21(32)16-20(29)17-25(28)33/h19-26,28,32-34H,5-18H2,1-4H3. The number of hydrogen-bond acceptors (Lipinski definition) is 5. The first-order valence-corrected chi connectivity index (χ1v) is 15.3. The van der Waals surface area contributed by atoms with Crippen molar-refractivity contribution < 1.29 is 24.9 Å². The molecule has 0 saturated heterocycles. The predicted octanol–water partition coefficient (Wildman–Crippen LogP) is 5.63. The van der Waals surface area contributed by atoms with Crippen molar-refractivity contribution in [3.63, 3.8) is 0 Å². The van der Waals surface area contributed by atoms with Crippen molar-refractivity contribution in [1.82, 2.24) is 0 Å². The molecule has 0 aromatic rings. The molecule has 11 unspecified atom stereocenters. The Morgan fingerprint density at radius 3 is 2.39 bits per heavy atom. The molecule has 0 spiro atoms. The maximum atomic E-state index is 12.8. The second-order valence-electron chi connectivity index (χ2n) is 14.3. The van der Waals surface area contributed by atoms with Gasteiger partial charge in [-0.2, -0.15) is 0 Å². The van der Waals surface area contributed by atoms with E-state index in [0.717, 1.165) is 83.5 Å². The van der Waals surface area contributed by atoms with Crippen molar-refractivity contribution in [3.05, 3.63) is 0 Å². The van der Waals surface area contributed by atoms with Crippen LogP contribution < -0.4 is 0 Å². The first-order chi connectivity index (χ1) is 17.0. The highest BCUT2D eigenvalue weighted by atomic mass is 16.6. The number of esters is 1. The number of aliphatic hydroxyl groups excluding tert-OH is 3. The van der Waals surface area contributed by atoms with Crippen LogP contribution in [0.2, 0.25) is 0 Å². The van der Waals surface area contributed by atoms with E-state index in [9.17, 15) is 20.1 Å². The third-order valence-corrected chi connectivity index (χ3v) is 12.8. The molecular formula is C31H52O5. The smallest absolute Gasteiger partial charge is 0.306 e. The molecule has 0 aliphatic heterocycles. The zero-order chi connectivity index (χ0) is 25.9. The second-order valence-corrected chi connectivity index (χ2v) is 14.3. The van der Waals surface area contributed by atoms with Gasteiger partial charge in [0.25, 0.3) is 0 Å². The number of ether oxygens (including phenoxy) is 1. The van der Waals surface area contributed by atoms with Crippen LogP contribution in [0.15, 0.2) is 0 Å². The molecule has 0 bridgehead atoms. The molecule has 5 saturated carbocycles. The molecule has 0 heterocycles. The normalized spacial score (nSPS) is 48.5. The zero-order valence-electron chi connectivity index (χ0n) is 23.3. The molecule has 5 heteroatoms. The Morgan fingerprint density at radius 1 is 0.972 bits per heavy atom. The molecule has 5 fully saturated rings. The SMILES string of the molecule is CCC1(OC(=O)CCC(C)C2CCC3C4C(O)CC5CC(O)CCC5(C)C4CC(O)C23C)CCCC1. The van der Waals surface area contributed by atoms with Gasteiger partial charge in [0.15, 0.2) is 0 Å². The van der Waals surface area contributed by atoms with Gasteiger partial charge in [-0.05, 0) is 130 Å². The summed E-state index contributed by atoms with van der Waals surface area (Å²) in [6.07, 6.45) is 11.9. The molecule has 0 radical (unpaired) electrons. The number of rotatable bonds is 6. The van der Waals surface area contributed by atoms with Gasteiger partial charge in [0.05, 0.1) is 18.3 Å². The number of fused-ring (bicyclic) bond motifs is 5. The van der Waals surface area contributed by atoms with Crippen LogP contribution in [0.3, 0.4) is 0 Å². The summed E-state index contributed by atoms with van der Waals surface area (Å²) in [6.45, 7) is 9.08. The minimum Gasteiger partial charge on any atom is -0.459 e. The van der Waals surface area contributed by atoms with Crippen molar-refractivity contribution in [2.45, 2.75) is 141 Å².